The highest BCUT2D eigenvalue weighted by Crippen LogP contribution is 2.24. The largest absolute Gasteiger partial charge is 0.378 e. The minimum atomic E-state index is -0.0464. The highest BCUT2D eigenvalue weighted by Gasteiger charge is 2.14. The number of fused-ring (bicyclic) bond motifs is 1. The summed E-state index contributed by atoms with van der Waals surface area (Å²) < 4.78 is 5.44. The molecule has 29 heavy (non-hydrogen) atoms. The smallest absolute Gasteiger partial charge is 0.251 e. The average molecular weight is 389 g/mol. The van der Waals surface area contributed by atoms with Crippen molar-refractivity contribution in [1.29, 1.82) is 0 Å². The normalized spacial score (nSPS) is 15.3. The van der Waals surface area contributed by atoms with Gasteiger partial charge in [0.2, 0.25) is 0 Å². The first kappa shape index (κ1) is 19.5. The van der Waals surface area contributed by atoms with Crippen LogP contribution in [0.25, 0.3) is 10.8 Å². The number of morpholine rings is 1. The molecule has 0 bridgehead atoms. The first-order valence-corrected chi connectivity index (χ1v) is 10.3. The van der Waals surface area contributed by atoms with Gasteiger partial charge in [-0.3, -0.25) is 4.79 Å². The molecule has 1 N–H and O–H groups in total. The van der Waals surface area contributed by atoms with Crippen molar-refractivity contribution in [3.63, 3.8) is 0 Å². The van der Waals surface area contributed by atoms with Gasteiger partial charge in [0.25, 0.3) is 5.91 Å². The van der Waals surface area contributed by atoms with E-state index in [0.29, 0.717) is 5.56 Å². The van der Waals surface area contributed by atoms with Crippen LogP contribution in [-0.2, 0) is 4.74 Å². The fourth-order valence-corrected chi connectivity index (χ4v) is 3.79. The monoisotopic (exact) mass is 388 g/mol. The number of hydrogen-bond acceptors (Lipinski definition) is 3. The number of amides is 1. The van der Waals surface area contributed by atoms with E-state index in [1.807, 2.05) is 25.1 Å². The van der Waals surface area contributed by atoms with E-state index in [9.17, 15) is 4.79 Å². The van der Waals surface area contributed by atoms with Crippen molar-refractivity contribution in [2.24, 2.45) is 0 Å². The van der Waals surface area contributed by atoms with E-state index >= 15 is 0 Å². The maximum absolute atomic E-state index is 12.8. The zero-order valence-corrected chi connectivity index (χ0v) is 17.4. The van der Waals surface area contributed by atoms with E-state index in [1.165, 1.54) is 16.8 Å². The zero-order valence-electron chi connectivity index (χ0n) is 17.4. The molecule has 4 nitrogen and oxygen atoms in total. The Hall–Kier alpha value is -2.85. The second-order valence-electron chi connectivity index (χ2n) is 7.88. The summed E-state index contributed by atoms with van der Waals surface area (Å²) >= 11 is 0. The van der Waals surface area contributed by atoms with Crippen molar-refractivity contribution in [3.8, 4) is 0 Å². The predicted octanol–water partition coefficient (Wildman–Crippen LogP) is 4.78. The van der Waals surface area contributed by atoms with Gasteiger partial charge in [-0.2, -0.15) is 0 Å². The molecule has 0 radical (unpaired) electrons. The molecule has 0 aliphatic carbocycles. The molecule has 1 heterocycles. The standard InChI is InChI=1S/C25H28N2O2/c1-17-4-5-20(14-18(17)2)19(3)26-25(28)23-7-6-22-16-24(9-8-21(22)15-23)27-10-12-29-13-11-27/h4-9,14-16,19H,10-13H2,1-3H3,(H,26,28)/t19-/m1/s1. The Morgan fingerprint density at radius 2 is 1.66 bits per heavy atom. The van der Waals surface area contributed by atoms with Gasteiger partial charge in [0, 0.05) is 24.3 Å². The summed E-state index contributed by atoms with van der Waals surface area (Å²) in [5.41, 5.74) is 5.52. The number of carbonyl (C=O) groups excluding carboxylic acids is 1. The van der Waals surface area contributed by atoms with Crippen molar-refractivity contribution in [1.82, 2.24) is 5.32 Å². The Morgan fingerprint density at radius 1 is 0.931 bits per heavy atom. The second-order valence-corrected chi connectivity index (χ2v) is 7.88. The lowest BCUT2D eigenvalue weighted by atomic mass is 10.0. The van der Waals surface area contributed by atoms with Gasteiger partial charge in [-0.1, -0.05) is 30.3 Å². The van der Waals surface area contributed by atoms with Gasteiger partial charge >= 0.3 is 0 Å². The Kier molecular flexibility index (Phi) is 5.54. The molecular formula is C25H28N2O2. The summed E-state index contributed by atoms with van der Waals surface area (Å²) in [6.45, 7) is 9.61. The number of anilines is 1. The molecule has 0 unspecified atom stereocenters. The van der Waals surface area contributed by atoms with Crippen molar-refractivity contribution in [2.75, 3.05) is 31.2 Å². The summed E-state index contributed by atoms with van der Waals surface area (Å²) in [6.07, 6.45) is 0. The molecule has 1 amide bonds. The maximum Gasteiger partial charge on any atom is 0.251 e. The second kappa shape index (κ2) is 8.26. The quantitative estimate of drug-likeness (QED) is 0.699. The highest BCUT2D eigenvalue weighted by atomic mass is 16.5. The van der Waals surface area contributed by atoms with Crippen molar-refractivity contribution in [3.05, 3.63) is 76.9 Å². The molecule has 0 saturated carbocycles. The minimum absolute atomic E-state index is 0.0406. The summed E-state index contributed by atoms with van der Waals surface area (Å²) in [7, 11) is 0. The van der Waals surface area contributed by atoms with Crippen LogP contribution in [0, 0.1) is 13.8 Å². The third-order valence-electron chi connectivity index (χ3n) is 5.84. The number of aryl methyl sites for hydroxylation is 2. The van der Waals surface area contributed by atoms with Gasteiger partial charge in [0.15, 0.2) is 0 Å². The van der Waals surface area contributed by atoms with E-state index in [4.69, 9.17) is 4.74 Å². The first-order valence-electron chi connectivity index (χ1n) is 10.3. The lowest BCUT2D eigenvalue weighted by molar-refractivity contribution is 0.0940. The van der Waals surface area contributed by atoms with E-state index in [-0.39, 0.29) is 11.9 Å². The van der Waals surface area contributed by atoms with Crippen molar-refractivity contribution < 1.29 is 9.53 Å². The van der Waals surface area contributed by atoms with Crippen LogP contribution in [0.1, 0.15) is 40.0 Å². The van der Waals surface area contributed by atoms with Gasteiger partial charge < -0.3 is 15.0 Å². The van der Waals surface area contributed by atoms with Gasteiger partial charge in [-0.15, -0.1) is 0 Å². The van der Waals surface area contributed by atoms with E-state index < -0.39 is 0 Å². The maximum atomic E-state index is 12.8. The molecule has 0 aromatic heterocycles. The predicted molar refractivity (Wildman–Crippen MR) is 119 cm³/mol. The molecule has 4 heteroatoms. The van der Waals surface area contributed by atoms with Crippen LogP contribution in [-0.4, -0.2) is 32.2 Å². The van der Waals surface area contributed by atoms with E-state index in [0.717, 1.165) is 42.6 Å². The van der Waals surface area contributed by atoms with Crippen LogP contribution in [0.15, 0.2) is 54.6 Å². The lowest BCUT2D eigenvalue weighted by Crippen LogP contribution is -2.36. The SMILES string of the molecule is Cc1ccc([C@@H](C)NC(=O)c2ccc3cc(N4CCOCC4)ccc3c2)cc1C. The van der Waals surface area contributed by atoms with Crippen LogP contribution in [0.5, 0.6) is 0 Å². The molecule has 1 saturated heterocycles. The fraction of sp³-hybridized carbons (Fsp3) is 0.320. The molecule has 1 aliphatic heterocycles. The van der Waals surface area contributed by atoms with Crippen LogP contribution in [0.3, 0.4) is 0 Å². The lowest BCUT2D eigenvalue weighted by Gasteiger charge is -2.29. The molecule has 1 fully saturated rings. The summed E-state index contributed by atoms with van der Waals surface area (Å²) in [6, 6.07) is 18.6. The number of hydrogen-bond donors (Lipinski definition) is 1. The van der Waals surface area contributed by atoms with Gasteiger partial charge in [-0.25, -0.2) is 0 Å². The molecule has 4 rings (SSSR count). The molecule has 150 valence electrons. The number of nitrogens with zero attached hydrogens (tertiary/aromatic N) is 1. The van der Waals surface area contributed by atoms with Gasteiger partial charge in [-0.05, 0) is 72.5 Å². The van der Waals surface area contributed by atoms with Gasteiger partial charge in [0.05, 0.1) is 19.3 Å². The van der Waals surface area contributed by atoms with Crippen LogP contribution >= 0.6 is 0 Å². The fourth-order valence-electron chi connectivity index (χ4n) is 3.79. The summed E-state index contributed by atoms with van der Waals surface area (Å²) in [5.74, 6) is -0.0464. The Labute approximate surface area is 172 Å². The van der Waals surface area contributed by atoms with Crippen LogP contribution < -0.4 is 10.2 Å². The molecule has 3 aromatic rings. The first-order chi connectivity index (χ1) is 14.0. The Balaban J connectivity index is 1.50. The van der Waals surface area contributed by atoms with Crippen molar-refractivity contribution >= 4 is 22.4 Å². The van der Waals surface area contributed by atoms with Gasteiger partial charge in [0.1, 0.15) is 0 Å². The number of nitrogens with one attached hydrogen (secondary N) is 1. The van der Waals surface area contributed by atoms with E-state index in [1.54, 1.807) is 0 Å². The minimum Gasteiger partial charge on any atom is -0.378 e. The number of carbonyl (C=O) groups is 1. The van der Waals surface area contributed by atoms with E-state index in [2.05, 4.69) is 60.5 Å². The number of ether oxygens (including phenoxy) is 1. The molecule has 0 spiro atoms. The summed E-state index contributed by atoms with van der Waals surface area (Å²) in [4.78, 5) is 15.1. The van der Waals surface area contributed by atoms with Crippen LogP contribution in [0.2, 0.25) is 0 Å². The average Bonchev–Trinajstić information content (AvgIpc) is 2.75. The molecule has 1 aliphatic rings. The Bertz CT molecular complexity index is 1040. The number of benzene rings is 3. The topological polar surface area (TPSA) is 41.6 Å². The summed E-state index contributed by atoms with van der Waals surface area (Å²) in [5, 5.41) is 5.35. The molecular weight excluding hydrogens is 360 g/mol. The zero-order chi connectivity index (χ0) is 20.4. The molecule has 3 aromatic carbocycles. The number of rotatable bonds is 4. The molecule has 1 atom stereocenters. The third kappa shape index (κ3) is 4.28. The van der Waals surface area contributed by atoms with Crippen molar-refractivity contribution in [2.45, 2.75) is 26.8 Å². The third-order valence-corrected chi connectivity index (χ3v) is 5.84. The highest BCUT2D eigenvalue weighted by molar-refractivity contribution is 5.99. The van der Waals surface area contributed by atoms with Crippen LogP contribution in [0.4, 0.5) is 5.69 Å². The Morgan fingerprint density at radius 3 is 2.41 bits per heavy atom.